The lowest BCUT2D eigenvalue weighted by Crippen LogP contribution is -1.97. The van der Waals surface area contributed by atoms with Gasteiger partial charge in [-0.2, -0.15) is 14.9 Å². The molecular weight excluding hydrogens is 326 g/mol. The van der Waals surface area contributed by atoms with Crippen LogP contribution in [-0.2, 0) is 0 Å². The molecule has 0 bridgehead atoms. The molecular formula is C16H15N5O2S. The van der Waals surface area contributed by atoms with Crippen LogP contribution in [0, 0.1) is 4.77 Å². The van der Waals surface area contributed by atoms with Crippen molar-refractivity contribution in [3.63, 3.8) is 0 Å². The Bertz CT molecular complexity index is 918. The van der Waals surface area contributed by atoms with Gasteiger partial charge in [-0.3, -0.25) is 4.98 Å². The van der Waals surface area contributed by atoms with Crippen LogP contribution in [0.25, 0.3) is 11.4 Å². The summed E-state index contributed by atoms with van der Waals surface area (Å²) in [6.07, 6.45) is 5.02. The van der Waals surface area contributed by atoms with Crippen molar-refractivity contribution in [2.45, 2.75) is 0 Å². The highest BCUT2D eigenvalue weighted by molar-refractivity contribution is 7.71. The first-order valence-corrected chi connectivity index (χ1v) is 7.48. The van der Waals surface area contributed by atoms with Gasteiger partial charge in [-0.05, 0) is 42.5 Å². The normalized spacial score (nSPS) is 10.9. The lowest BCUT2D eigenvalue weighted by atomic mass is 10.2. The molecule has 3 aromatic rings. The largest absolute Gasteiger partial charge is 0.497 e. The molecule has 0 saturated heterocycles. The maximum atomic E-state index is 5.35. The number of hydrogen-bond acceptors (Lipinski definition) is 6. The average molecular weight is 341 g/mol. The van der Waals surface area contributed by atoms with Crippen molar-refractivity contribution >= 4 is 18.4 Å². The average Bonchev–Trinajstić information content (AvgIpc) is 3.01. The highest BCUT2D eigenvalue weighted by Gasteiger charge is 2.08. The summed E-state index contributed by atoms with van der Waals surface area (Å²) in [4.78, 5) is 4.00. The lowest BCUT2D eigenvalue weighted by molar-refractivity contribution is 0.402. The number of benzene rings is 1. The molecule has 7 nitrogen and oxygen atoms in total. The van der Waals surface area contributed by atoms with Crippen molar-refractivity contribution in [1.29, 1.82) is 0 Å². The van der Waals surface area contributed by atoms with Gasteiger partial charge in [0, 0.05) is 23.5 Å². The van der Waals surface area contributed by atoms with E-state index in [1.807, 2.05) is 30.3 Å². The summed E-state index contributed by atoms with van der Waals surface area (Å²) in [5.74, 6) is 1.99. The minimum absolute atomic E-state index is 0.389. The smallest absolute Gasteiger partial charge is 0.216 e. The van der Waals surface area contributed by atoms with Crippen LogP contribution in [0.2, 0.25) is 0 Å². The summed E-state index contributed by atoms with van der Waals surface area (Å²) in [5, 5.41) is 11.4. The maximum Gasteiger partial charge on any atom is 0.216 e. The summed E-state index contributed by atoms with van der Waals surface area (Å²) in [7, 11) is 3.21. The van der Waals surface area contributed by atoms with Crippen LogP contribution in [0.3, 0.4) is 0 Å². The Labute approximate surface area is 143 Å². The minimum atomic E-state index is 0.389. The molecule has 0 radical (unpaired) electrons. The van der Waals surface area contributed by atoms with Crippen molar-refractivity contribution in [2.24, 2.45) is 5.10 Å². The molecule has 0 amide bonds. The molecule has 2 heterocycles. The first-order chi connectivity index (χ1) is 11.7. The topological polar surface area (TPSA) is 77.3 Å². The number of nitrogens with zero attached hydrogens (tertiary/aromatic N) is 4. The third-order valence-corrected chi connectivity index (χ3v) is 3.60. The Morgan fingerprint density at radius 3 is 2.67 bits per heavy atom. The second-order valence-corrected chi connectivity index (χ2v) is 5.14. The van der Waals surface area contributed by atoms with Gasteiger partial charge in [0.2, 0.25) is 4.77 Å². The van der Waals surface area contributed by atoms with E-state index in [-0.39, 0.29) is 0 Å². The summed E-state index contributed by atoms with van der Waals surface area (Å²) in [6, 6.07) is 9.14. The lowest BCUT2D eigenvalue weighted by Gasteiger charge is -2.07. The quantitative estimate of drug-likeness (QED) is 0.570. The molecule has 8 heteroatoms. The number of nitrogens with one attached hydrogen (secondary N) is 1. The predicted molar refractivity (Wildman–Crippen MR) is 93.2 cm³/mol. The van der Waals surface area contributed by atoms with Crippen LogP contribution in [0.15, 0.2) is 47.8 Å². The minimum Gasteiger partial charge on any atom is -0.497 e. The Morgan fingerprint density at radius 2 is 1.96 bits per heavy atom. The molecule has 2 aromatic heterocycles. The van der Waals surface area contributed by atoms with Gasteiger partial charge in [0.05, 0.1) is 20.4 Å². The van der Waals surface area contributed by atoms with E-state index in [4.69, 9.17) is 21.7 Å². The van der Waals surface area contributed by atoms with Gasteiger partial charge < -0.3 is 9.47 Å². The van der Waals surface area contributed by atoms with Crippen molar-refractivity contribution in [2.75, 3.05) is 14.2 Å². The molecule has 1 N–H and O–H groups in total. The number of H-pyrrole nitrogens is 1. The highest BCUT2D eigenvalue weighted by Crippen LogP contribution is 2.23. The first-order valence-electron chi connectivity index (χ1n) is 7.07. The summed E-state index contributed by atoms with van der Waals surface area (Å²) >= 11 is 5.26. The SMILES string of the molecule is COc1ccc(OC)c(C=Nn2c(-c3ccncc3)n[nH]c2=S)c1. The fourth-order valence-electron chi connectivity index (χ4n) is 2.15. The standard InChI is InChI=1S/C16H15N5O2S/c1-22-13-3-4-14(23-2)12(9-13)10-18-21-15(19-20-16(21)24)11-5-7-17-8-6-11/h3-10H,1-2H3,(H,20,24). The van der Waals surface area contributed by atoms with E-state index in [1.165, 1.54) is 0 Å². The molecule has 0 fully saturated rings. The summed E-state index contributed by atoms with van der Waals surface area (Å²) in [6.45, 7) is 0. The molecule has 0 aliphatic heterocycles. The summed E-state index contributed by atoms with van der Waals surface area (Å²) in [5.41, 5.74) is 1.62. The Hall–Kier alpha value is -3.00. The molecule has 122 valence electrons. The highest BCUT2D eigenvalue weighted by atomic mass is 32.1. The van der Waals surface area contributed by atoms with Crippen LogP contribution in [0.5, 0.6) is 11.5 Å². The fraction of sp³-hybridized carbons (Fsp3) is 0.125. The zero-order chi connectivity index (χ0) is 16.9. The fourth-order valence-corrected chi connectivity index (χ4v) is 2.33. The van der Waals surface area contributed by atoms with Crippen LogP contribution in [-0.4, -0.2) is 40.3 Å². The molecule has 0 aliphatic carbocycles. The molecule has 0 atom stereocenters. The Kier molecular flexibility index (Phi) is 4.66. The second kappa shape index (κ2) is 7.05. The third kappa shape index (κ3) is 3.18. The van der Waals surface area contributed by atoms with Gasteiger partial charge in [-0.15, -0.1) is 0 Å². The van der Waals surface area contributed by atoms with Crippen LogP contribution < -0.4 is 9.47 Å². The maximum absolute atomic E-state index is 5.35. The molecule has 0 unspecified atom stereocenters. The third-order valence-electron chi connectivity index (χ3n) is 3.34. The number of methoxy groups -OCH3 is 2. The van der Waals surface area contributed by atoms with E-state index in [0.717, 1.165) is 11.1 Å². The van der Waals surface area contributed by atoms with E-state index in [0.29, 0.717) is 22.1 Å². The van der Waals surface area contributed by atoms with Crippen molar-refractivity contribution in [1.82, 2.24) is 19.9 Å². The second-order valence-electron chi connectivity index (χ2n) is 4.75. The molecule has 1 aromatic carbocycles. The van der Waals surface area contributed by atoms with E-state index < -0.39 is 0 Å². The van der Waals surface area contributed by atoms with Gasteiger partial charge in [-0.1, -0.05) is 0 Å². The first kappa shape index (κ1) is 15.9. The molecule has 24 heavy (non-hydrogen) atoms. The van der Waals surface area contributed by atoms with Gasteiger partial charge >= 0.3 is 0 Å². The number of pyridine rings is 1. The van der Waals surface area contributed by atoms with Gasteiger partial charge in [0.15, 0.2) is 5.82 Å². The number of aromatic amines is 1. The van der Waals surface area contributed by atoms with Crippen molar-refractivity contribution in [3.05, 3.63) is 53.1 Å². The van der Waals surface area contributed by atoms with Crippen LogP contribution >= 0.6 is 12.2 Å². The van der Waals surface area contributed by atoms with Crippen molar-refractivity contribution < 1.29 is 9.47 Å². The molecule has 0 saturated carbocycles. The monoisotopic (exact) mass is 341 g/mol. The number of ether oxygens (including phenoxy) is 2. The molecule has 0 spiro atoms. The van der Waals surface area contributed by atoms with Gasteiger partial charge in [-0.25, -0.2) is 5.10 Å². The zero-order valence-electron chi connectivity index (χ0n) is 13.1. The van der Waals surface area contributed by atoms with E-state index in [9.17, 15) is 0 Å². The number of hydrogen-bond donors (Lipinski definition) is 1. The van der Waals surface area contributed by atoms with Gasteiger partial charge in [0.1, 0.15) is 11.5 Å². The Balaban J connectivity index is 2.02. The van der Waals surface area contributed by atoms with E-state index >= 15 is 0 Å². The predicted octanol–water partition coefficient (Wildman–Crippen LogP) is 2.90. The number of aromatic nitrogens is 4. The zero-order valence-corrected chi connectivity index (χ0v) is 13.9. The molecule has 3 rings (SSSR count). The van der Waals surface area contributed by atoms with Gasteiger partial charge in [0.25, 0.3) is 0 Å². The molecule has 0 aliphatic rings. The van der Waals surface area contributed by atoms with Crippen LogP contribution in [0.1, 0.15) is 5.56 Å². The van der Waals surface area contributed by atoms with Crippen molar-refractivity contribution in [3.8, 4) is 22.9 Å². The van der Waals surface area contributed by atoms with Crippen LogP contribution in [0.4, 0.5) is 0 Å². The number of rotatable bonds is 5. The Morgan fingerprint density at radius 1 is 1.17 bits per heavy atom. The summed E-state index contributed by atoms with van der Waals surface area (Å²) < 4.78 is 12.5. The van der Waals surface area contributed by atoms with E-state index in [2.05, 4.69) is 20.3 Å². The van der Waals surface area contributed by atoms with E-state index in [1.54, 1.807) is 37.5 Å².